The van der Waals surface area contributed by atoms with Crippen LogP contribution in [0.1, 0.15) is 63.1 Å². The molecule has 0 bridgehead atoms. The second-order valence-corrected chi connectivity index (χ2v) is 9.93. The Hall–Kier alpha value is -2.86. The number of ether oxygens (including phenoxy) is 2. The maximum absolute atomic E-state index is 14.0. The van der Waals surface area contributed by atoms with Gasteiger partial charge in [0, 0.05) is 25.2 Å². The van der Waals surface area contributed by atoms with Gasteiger partial charge in [0.05, 0.1) is 11.9 Å². The maximum Gasteiger partial charge on any atom is 0.231 e. The molecular formula is C29H36FN3O2. The zero-order valence-corrected chi connectivity index (χ0v) is 20.7. The Bertz CT molecular complexity index is 1120. The number of nitrogens with zero attached hydrogens (tertiary/aromatic N) is 3. The van der Waals surface area contributed by atoms with Crippen molar-refractivity contribution in [3.63, 3.8) is 0 Å². The van der Waals surface area contributed by atoms with E-state index in [1.165, 1.54) is 49.4 Å². The van der Waals surface area contributed by atoms with Gasteiger partial charge in [-0.25, -0.2) is 9.37 Å². The normalized spacial score (nSPS) is 15.4. The molecule has 6 heteroatoms. The van der Waals surface area contributed by atoms with Gasteiger partial charge in [0.1, 0.15) is 11.6 Å². The van der Waals surface area contributed by atoms with Crippen LogP contribution in [0.3, 0.4) is 0 Å². The van der Waals surface area contributed by atoms with Crippen LogP contribution >= 0.6 is 0 Å². The first-order chi connectivity index (χ1) is 17.2. The molecule has 1 saturated carbocycles. The standard InChI is InChI=1S/C29H36FN3O2/c1-2-3-14-33-26(18-31-29(33)24-9-6-10-25(30)17-24)20-32(15-13-22-7-4-5-8-22)19-23-11-12-27-28(16-23)35-21-34-27/h6,9-12,16-18,22H,2-5,7-8,13-15,19-21H2,1H3. The van der Waals surface area contributed by atoms with Crippen molar-refractivity contribution >= 4 is 0 Å². The number of rotatable bonds is 11. The molecule has 1 aliphatic carbocycles. The average molecular weight is 478 g/mol. The number of imidazole rings is 1. The summed E-state index contributed by atoms with van der Waals surface area (Å²) in [5.74, 6) is 3.12. The van der Waals surface area contributed by atoms with Gasteiger partial charge in [0.2, 0.25) is 6.79 Å². The Balaban J connectivity index is 1.39. The molecule has 3 aromatic rings. The van der Waals surface area contributed by atoms with E-state index in [-0.39, 0.29) is 5.82 Å². The van der Waals surface area contributed by atoms with Gasteiger partial charge >= 0.3 is 0 Å². The molecule has 2 aliphatic rings. The highest BCUT2D eigenvalue weighted by Gasteiger charge is 2.20. The van der Waals surface area contributed by atoms with Crippen molar-refractivity contribution < 1.29 is 13.9 Å². The molecule has 1 fully saturated rings. The zero-order valence-electron chi connectivity index (χ0n) is 20.7. The van der Waals surface area contributed by atoms with E-state index >= 15 is 0 Å². The van der Waals surface area contributed by atoms with Gasteiger partial charge in [0.25, 0.3) is 0 Å². The summed E-state index contributed by atoms with van der Waals surface area (Å²) in [4.78, 5) is 7.29. The van der Waals surface area contributed by atoms with E-state index < -0.39 is 0 Å². The Kier molecular flexibility index (Phi) is 7.67. The molecule has 0 atom stereocenters. The van der Waals surface area contributed by atoms with Crippen LogP contribution in [0.4, 0.5) is 4.39 Å². The summed E-state index contributed by atoms with van der Waals surface area (Å²) < 4.78 is 27.4. The molecule has 0 N–H and O–H groups in total. The van der Waals surface area contributed by atoms with E-state index in [0.29, 0.717) is 6.79 Å². The summed E-state index contributed by atoms with van der Waals surface area (Å²) in [6.07, 6.45) is 10.8. The van der Waals surface area contributed by atoms with Crippen LogP contribution in [0.5, 0.6) is 11.5 Å². The molecule has 35 heavy (non-hydrogen) atoms. The third kappa shape index (κ3) is 5.87. The Morgan fingerprint density at radius 1 is 1.06 bits per heavy atom. The summed E-state index contributed by atoms with van der Waals surface area (Å²) >= 11 is 0. The van der Waals surface area contributed by atoms with Crippen LogP contribution < -0.4 is 9.47 Å². The van der Waals surface area contributed by atoms with Gasteiger partial charge in [0.15, 0.2) is 11.5 Å². The number of halogens is 1. The smallest absolute Gasteiger partial charge is 0.231 e. The molecule has 2 aromatic carbocycles. The fourth-order valence-corrected chi connectivity index (χ4v) is 5.37. The van der Waals surface area contributed by atoms with Gasteiger partial charge in [-0.05, 0) is 55.1 Å². The van der Waals surface area contributed by atoms with Crippen LogP contribution in [-0.2, 0) is 19.6 Å². The lowest BCUT2D eigenvalue weighted by Gasteiger charge is -2.25. The van der Waals surface area contributed by atoms with Crippen LogP contribution in [0, 0.1) is 11.7 Å². The topological polar surface area (TPSA) is 39.5 Å². The molecule has 1 aromatic heterocycles. The molecule has 0 spiro atoms. The fraction of sp³-hybridized carbons (Fsp3) is 0.483. The predicted octanol–water partition coefficient (Wildman–Crippen LogP) is 6.80. The highest BCUT2D eigenvalue weighted by molar-refractivity contribution is 5.56. The number of fused-ring (bicyclic) bond motifs is 1. The van der Waals surface area contributed by atoms with Crippen LogP contribution in [0.15, 0.2) is 48.7 Å². The summed E-state index contributed by atoms with van der Waals surface area (Å²) in [7, 11) is 0. The largest absolute Gasteiger partial charge is 0.454 e. The van der Waals surface area contributed by atoms with Gasteiger partial charge in [-0.15, -0.1) is 0 Å². The average Bonchev–Trinajstić information content (AvgIpc) is 3.62. The van der Waals surface area contributed by atoms with Gasteiger partial charge < -0.3 is 14.0 Å². The number of unbranched alkanes of at least 4 members (excludes halogenated alkanes) is 1. The number of hydrogen-bond donors (Lipinski definition) is 0. The SMILES string of the molecule is CCCCn1c(CN(CCC2CCCC2)Cc2ccc3c(c2)OCO3)cnc1-c1cccc(F)c1. The molecule has 186 valence electrons. The third-order valence-corrected chi connectivity index (χ3v) is 7.31. The first kappa shape index (κ1) is 23.9. The van der Waals surface area contributed by atoms with Crippen LogP contribution in [0.25, 0.3) is 11.4 Å². The highest BCUT2D eigenvalue weighted by Crippen LogP contribution is 2.33. The Morgan fingerprint density at radius 3 is 2.74 bits per heavy atom. The molecule has 5 rings (SSSR count). The van der Waals surface area contributed by atoms with Gasteiger partial charge in [-0.2, -0.15) is 0 Å². The molecule has 0 unspecified atom stereocenters. The molecule has 2 heterocycles. The minimum absolute atomic E-state index is 0.227. The van der Waals surface area contributed by atoms with E-state index in [9.17, 15) is 4.39 Å². The molecule has 1 aliphatic heterocycles. The Morgan fingerprint density at radius 2 is 1.91 bits per heavy atom. The minimum atomic E-state index is -0.227. The summed E-state index contributed by atoms with van der Waals surface area (Å²) in [6, 6.07) is 13.0. The van der Waals surface area contributed by atoms with E-state index in [1.807, 2.05) is 18.3 Å². The molecule has 0 radical (unpaired) electrons. The van der Waals surface area contributed by atoms with Crippen molar-refractivity contribution in [2.45, 2.75) is 71.5 Å². The molecule has 0 amide bonds. The van der Waals surface area contributed by atoms with Crippen molar-refractivity contribution in [3.05, 3.63) is 65.7 Å². The lowest BCUT2D eigenvalue weighted by molar-refractivity contribution is 0.174. The number of aromatic nitrogens is 2. The van der Waals surface area contributed by atoms with Crippen molar-refractivity contribution in [1.29, 1.82) is 0 Å². The van der Waals surface area contributed by atoms with Crippen molar-refractivity contribution in [1.82, 2.24) is 14.5 Å². The van der Waals surface area contributed by atoms with Crippen molar-refractivity contribution in [3.8, 4) is 22.9 Å². The molecule has 5 nitrogen and oxygen atoms in total. The second-order valence-electron chi connectivity index (χ2n) is 9.93. The lowest BCUT2D eigenvalue weighted by atomic mass is 10.0. The van der Waals surface area contributed by atoms with Gasteiger partial charge in [-0.3, -0.25) is 4.90 Å². The quantitative estimate of drug-likeness (QED) is 0.304. The number of benzene rings is 2. The molecular weight excluding hydrogens is 441 g/mol. The second kappa shape index (κ2) is 11.3. The zero-order chi connectivity index (χ0) is 24.0. The Labute approximate surface area is 207 Å². The summed E-state index contributed by atoms with van der Waals surface area (Å²) in [6.45, 7) is 6.09. The molecule has 0 saturated heterocycles. The lowest BCUT2D eigenvalue weighted by Crippen LogP contribution is -2.26. The van der Waals surface area contributed by atoms with Crippen LogP contribution in [-0.4, -0.2) is 27.8 Å². The summed E-state index contributed by atoms with van der Waals surface area (Å²) in [5, 5.41) is 0. The monoisotopic (exact) mass is 477 g/mol. The first-order valence-electron chi connectivity index (χ1n) is 13.1. The van der Waals surface area contributed by atoms with Crippen LogP contribution in [0.2, 0.25) is 0 Å². The predicted molar refractivity (Wildman–Crippen MR) is 136 cm³/mol. The van der Waals surface area contributed by atoms with E-state index in [4.69, 9.17) is 14.5 Å². The van der Waals surface area contributed by atoms with E-state index in [1.54, 1.807) is 12.1 Å². The highest BCUT2D eigenvalue weighted by atomic mass is 19.1. The van der Waals surface area contributed by atoms with Gasteiger partial charge in [-0.1, -0.05) is 57.2 Å². The first-order valence-corrected chi connectivity index (χ1v) is 13.1. The van der Waals surface area contributed by atoms with Crippen molar-refractivity contribution in [2.24, 2.45) is 5.92 Å². The summed E-state index contributed by atoms with van der Waals surface area (Å²) in [5.41, 5.74) is 3.25. The maximum atomic E-state index is 14.0. The third-order valence-electron chi connectivity index (χ3n) is 7.31. The minimum Gasteiger partial charge on any atom is -0.454 e. The van der Waals surface area contributed by atoms with E-state index in [2.05, 4.69) is 28.5 Å². The van der Waals surface area contributed by atoms with E-state index in [0.717, 1.165) is 67.8 Å². The van der Waals surface area contributed by atoms with Crippen molar-refractivity contribution in [2.75, 3.05) is 13.3 Å². The number of hydrogen-bond acceptors (Lipinski definition) is 4. The fourth-order valence-electron chi connectivity index (χ4n) is 5.37.